The Hall–Kier alpha value is -1.26. The first-order valence-corrected chi connectivity index (χ1v) is 7.77. The van der Waals surface area contributed by atoms with E-state index in [1.807, 2.05) is 26.0 Å². The molecule has 0 amide bonds. The number of hydrogen-bond acceptors (Lipinski definition) is 4. The van der Waals surface area contributed by atoms with E-state index in [1.165, 1.54) is 0 Å². The average Bonchev–Trinajstić information content (AvgIpc) is 2.46. The molecule has 0 aliphatic carbocycles. The predicted molar refractivity (Wildman–Crippen MR) is 85.9 cm³/mol. The number of hydrogen-bond donors (Lipinski definition) is 2. The predicted octanol–water partition coefficient (Wildman–Crippen LogP) is 2.84. The molecule has 0 radical (unpaired) electrons. The molecule has 21 heavy (non-hydrogen) atoms. The Kier molecular flexibility index (Phi) is 8.16. The second-order valence-corrected chi connectivity index (χ2v) is 5.80. The Balaban J connectivity index is 2.80. The zero-order valence-electron chi connectivity index (χ0n) is 13.7. The lowest BCUT2D eigenvalue weighted by Crippen LogP contribution is -2.20. The van der Waals surface area contributed by atoms with E-state index in [-0.39, 0.29) is 12.5 Å². The molecule has 0 bridgehead atoms. The molecule has 1 atom stereocenters. The standard InChI is InChI=1S/C17H29NO3/c1-5-20-16-8-6-7-15(10-18-9-13(2)3)17(16)21-12-14(4)11-19/h6-8,13-14,18-19H,5,9-12H2,1-4H3. The topological polar surface area (TPSA) is 50.7 Å². The van der Waals surface area contributed by atoms with Crippen molar-refractivity contribution in [2.45, 2.75) is 34.2 Å². The van der Waals surface area contributed by atoms with Crippen molar-refractivity contribution in [2.75, 3.05) is 26.4 Å². The first kappa shape index (κ1) is 17.8. The summed E-state index contributed by atoms with van der Waals surface area (Å²) in [7, 11) is 0. The van der Waals surface area contributed by atoms with Crippen LogP contribution in [-0.4, -0.2) is 31.5 Å². The third-order valence-electron chi connectivity index (χ3n) is 3.05. The van der Waals surface area contributed by atoms with Gasteiger partial charge < -0.3 is 19.9 Å². The molecule has 0 aliphatic heterocycles. The molecule has 4 nitrogen and oxygen atoms in total. The summed E-state index contributed by atoms with van der Waals surface area (Å²) in [6, 6.07) is 5.96. The minimum Gasteiger partial charge on any atom is -0.490 e. The van der Waals surface area contributed by atoms with Crippen LogP contribution in [0.15, 0.2) is 18.2 Å². The van der Waals surface area contributed by atoms with E-state index in [0.717, 1.165) is 30.2 Å². The molecule has 120 valence electrons. The van der Waals surface area contributed by atoms with Gasteiger partial charge in [0.1, 0.15) is 0 Å². The molecule has 0 fully saturated rings. The van der Waals surface area contributed by atoms with Gasteiger partial charge in [0, 0.05) is 24.6 Å². The molecule has 1 unspecified atom stereocenters. The van der Waals surface area contributed by atoms with Crippen molar-refractivity contribution in [3.63, 3.8) is 0 Å². The van der Waals surface area contributed by atoms with Gasteiger partial charge in [0.05, 0.1) is 13.2 Å². The molecule has 1 aromatic carbocycles. The van der Waals surface area contributed by atoms with Crippen LogP contribution in [0.1, 0.15) is 33.3 Å². The van der Waals surface area contributed by atoms with Gasteiger partial charge in [-0.05, 0) is 25.5 Å². The highest BCUT2D eigenvalue weighted by Crippen LogP contribution is 2.31. The van der Waals surface area contributed by atoms with Gasteiger partial charge in [-0.3, -0.25) is 0 Å². The molecule has 1 rings (SSSR count). The maximum Gasteiger partial charge on any atom is 0.165 e. The number of rotatable bonds is 10. The van der Waals surface area contributed by atoms with Crippen LogP contribution in [0.25, 0.3) is 0 Å². The van der Waals surface area contributed by atoms with E-state index in [4.69, 9.17) is 14.6 Å². The zero-order chi connectivity index (χ0) is 15.7. The van der Waals surface area contributed by atoms with Crippen LogP contribution in [0.4, 0.5) is 0 Å². The minimum absolute atomic E-state index is 0.108. The highest BCUT2D eigenvalue weighted by molar-refractivity contribution is 5.46. The van der Waals surface area contributed by atoms with Crippen LogP contribution in [0, 0.1) is 11.8 Å². The van der Waals surface area contributed by atoms with Gasteiger partial charge in [-0.1, -0.05) is 32.9 Å². The van der Waals surface area contributed by atoms with Crippen LogP contribution >= 0.6 is 0 Å². The number of aliphatic hydroxyl groups excluding tert-OH is 1. The number of ether oxygens (including phenoxy) is 2. The summed E-state index contributed by atoms with van der Waals surface area (Å²) in [4.78, 5) is 0. The quantitative estimate of drug-likeness (QED) is 0.697. The van der Waals surface area contributed by atoms with Gasteiger partial charge in [-0.25, -0.2) is 0 Å². The summed E-state index contributed by atoms with van der Waals surface area (Å²) >= 11 is 0. The Labute approximate surface area is 128 Å². The SMILES string of the molecule is CCOc1cccc(CNCC(C)C)c1OCC(C)CO. The number of benzene rings is 1. The van der Waals surface area contributed by atoms with Crippen molar-refractivity contribution in [3.05, 3.63) is 23.8 Å². The lowest BCUT2D eigenvalue weighted by Gasteiger charge is -2.18. The molecule has 0 aliphatic rings. The molecule has 0 spiro atoms. The van der Waals surface area contributed by atoms with E-state index in [1.54, 1.807) is 0 Å². The maximum atomic E-state index is 9.13. The van der Waals surface area contributed by atoms with E-state index in [2.05, 4.69) is 25.2 Å². The Morgan fingerprint density at radius 1 is 1.19 bits per heavy atom. The van der Waals surface area contributed by atoms with Gasteiger partial charge in [0.15, 0.2) is 11.5 Å². The Bertz CT molecular complexity index is 407. The molecule has 2 N–H and O–H groups in total. The largest absolute Gasteiger partial charge is 0.490 e. The average molecular weight is 295 g/mol. The second-order valence-electron chi connectivity index (χ2n) is 5.80. The van der Waals surface area contributed by atoms with E-state index >= 15 is 0 Å². The summed E-state index contributed by atoms with van der Waals surface area (Å²) in [5.41, 5.74) is 1.09. The highest BCUT2D eigenvalue weighted by Gasteiger charge is 2.12. The summed E-state index contributed by atoms with van der Waals surface area (Å²) in [6.07, 6.45) is 0. The smallest absolute Gasteiger partial charge is 0.165 e. The molecule has 0 saturated carbocycles. The van der Waals surface area contributed by atoms with Crippen molar-refractivity contribution in [3.8, 4) is 11.5 Å². The summed E-state index contributed by atoms with van der Waals surface area (Å²) in [6.45, 7) is 11.2. The molecule has 0 saturated heterocycles. The molecule has 4 heteroatoms. The molecule has 0 heterocycles. The van der Waals surface area contributed by atoms with Gasteiger partial charge in [-0.2, -0.15) is 0 Å². The normalized spacial score (nSPS) is 12.5. The molecule has 1 aromatic rings. The first-order chi connectivity index (χ1) is 10.1. The minimum atomic E-state index is 0.108. The van der Waals surface area contributed by atoms with Gasteiger partial charge >= 0.3 is 0 Å². The Morgan fingerprint density at radius 3 is 2.57 bits per heavy atom. The van der Waals surface area contributed by atoms with Crippen molar-refractivity contribution >= 4 is 0 Å². The fraction of sp³-hybridized carbons (Fsp3) is 0.647. The van der Waals surface area contributed by atoms with Gasteiger partial charge in [0.2, 0.25) is 0 Å². The van der Waals surface area contributed by atoms with Crippen molar-refractivity contribution in [1.29, 1.82) is 0 Å². The molecule has 0 aromatic heterocycles. The van der Waals surface area contributed by atoms with Crippen molar-refractivity contribution in [2.24, 2.45) is 11.8 Å². The zero-order valence-corrected chi connectivity index (χ0v) is 13.7. The van der Waals surface area contributed by atoms with E-state index < -0.39 is 0 Å². The van der Waals surface area contributed by atoms with Crippen LogP contribution in [0.5, 0.6) is 11.5 Å². The number of para-hydroxylation sites is 1. The second kappa shape index (κ2) is 9.64. The van der Waals surface area contributed by atoms with Crippen LogP contribution < -0.4 is 14.8 Å². The lowest BCUT2D eigenvalue weighted by atomic mass is 10.1. The van der Waals surface area contributed by atoms with Gasteiger partial charge in [-0.15, -0.1) is 0 Å². The Morgan fingerprint density at radius 2 is 1.95 bits per heavy atom. The highest BCUT2D eigenvalue weighted by atomic mass is 16.5. The summed E-state index contributed by atoms with van der Waals surface area (Å²) in [5, 5.41) is 12.6. The third-order valence-corrected chi connectivity index (χ3v) is 3.05. The van der Waals surface area contributed by atoms with Crippen LogP contribution in [0.2, 0.25) is 0 Å². The fourth-order valence-electron chi connectivity index (χ4n) is 1.91. The molecular weight excluding hydrogens is 266 g/mol. The molecular formula is C17H29NO3. The first-order valence-electron chi connectivity index (χ1n) is 7.77. The van der Waals surface area contributed by atoms with Crippen molar-refractivity contribution in [1.82, 2.24) is 5.32 Å². The van der Waals surface area contributed by atoms with E-state index in [0.29, 0.717) is 19.1 Å². The maximum absolute atomic E-state index is 9.13. The van der Waals surface area contributed by atoms with Crippen molar-refractivity contribution < 1.29 is 14.6 Å². The number of aliphatic hydroxyl groups is 1. The third kappa shape index (κ3) is 6.36. The van der Waals surface area contributed by atoms with Crippen LogP contribution in [0.3, 0.4) is 0 Å². The van der Waals surface area contributed by atoms with E-state index in [9.17, 15) is 0 Å². The number of nitrogens with one attached hydrogen (secondary N) is 1. The van der Waals surface area contributed by atoms with Gasteiger partial charge in [0.25, 0.3) is 0 Å². The lowest BCUT2D eigenvalue weighted by molar-refractivity contribution is 0.169. The summed E-state index contributed by atoms with van der Waals surface area (Å²) < 4.78 is 11.6. The summed E-state index contributed by atoms with van der Waals surface area (Å²) in [5.74, 6) is 2.28. The fourth-order valence-corrected chi connectivity index (χ4v) is 1.91. The van der Waals surface area contributed by atoms with Crippen LogP contribution in [-0.2, 0) is 6.54 Å². The monoisotopic (exact) mass is 295 g/mol.